The predicted octanol–water partition coefficient (Wildman–Crippen LogP) is 6.79. The molecule has 2 amide bonds. The summed E-state index contributed by atoms with van der Waals surface area (Å²) in [6.45, 7) is 8.66. The van der Waals surface area contributed by atoms with Crippen LogP contribution in [0.3, 0.4) is 0 Å². The number of anilines is 1. The summed E-state index contributed by atoms with van der Waals surface area (Å²) >= 11 is 1.51. The van der Waals surface area contributed by atoms with Gasteiger partial charge in [0.2, 0.25) is 0 Å². The second kappa shape index (κ2) is 10.4. The quantitative estimate of drug-likeness (QED) is 0.373. The SMILES string of the molecule is Cc1ccccc1CN1C(=O)C(=Cc2ccc(C(=O)N3CC(C)CC(C)C3)cc2)Sc2ccccc21. The number of benzene rings is 3. The Kier molecular flexibility index (Phi) is 7.01. The minimum atomic E-state index is -0.00148. The average Bonchev–Trinajstić information content (AvgIpc) is 2.87. The van der Waals surface area contributed by atoms with E-state index in [-0.39, 0.29) is 11.8 Å². The molecule has 1 saturated heterocycles. The fourth-order valence-electron chi connectivity index (χ4n) is 5.26. The van der Waals surface area contributed by atoms with Crippen LogP contribution in [0.1, 0.15) is 47.3 Å². The van der Waals surface area contributed by atoms with Crippen molar-refractivity contribution in [2.75, 3.05) is 18.0 Å². The molecule has 0 spiro atoms. The zero-order valence-corrected chi connectivity index (χ0v) is 21.9. The predicted molar refractivity (Wildman–Crippen MR) is 148 cm³/mol. The number of fused-ring (bicyclic) bond motifs is 1. The Morgan fingerprint density at radius 2 is 1.61 bits per heavy atom. The molecule has 2 aliphatic heterocycles. The van der Waals surface area contributed by atoms with Crippen molar-refractivity contribution in [3.63, 3.8) is 0 Å². The molecule has 1 fully saturated rings. The smallest absolute Gasteiger partial charge is 0.265 e. The highest BCUT2D eigenvalue weighted by Gasteiger charge is 2.30. The molecule has 2 aliphatic rings. The van der Waals surface area contributed by atoms with Gasteiger partial charge in [-0.15, -0.1) is 0 Å². The molecule has 5 heteroatoms. The maximum atomic E-state index is 13.6. The fourth-order valence-corrected chi connectivity index (χ4v) is 6.32. The standard InChI is InChI=1S/C31H32N2O2S/c1-21-16-22(2)19-32(18-21)30(34)25-14-12-24(13-15-25)17-29-31(35)33(20-26-9-5-4-8-23(26)3)27-10-6-7-11-28(27)36-29/h4-15,17,21-22H,16,18-20H2,1-3H3. The Morgan fingerprint density at radius 3 is 2.33 bits per heavy atom. The van der Waals surface area contributed by atoms with Gasteiger partial charge in [-0.3, -0.25) is 9.59 Å². The van der Waals surface area contributed by atoms with Gasteiger partial charge in [-0.05, 0) is 72.2 Å². The van der Waals surface area contributed by atoms with Crippen LogP contribution in [0.25, 0.3) is 6.08 Å². The van der Waals surface area contributed by atoms with Crippen molar-refractivity contribution in [1.29, 1.82) is 0 Å². The number of thioether (sulfide) groups is 1. The molecule has 3 aromatic rings. The molecule has 0 saturated carbocycles. The highest BCUT2D eigenvalue weighted by Crippen LogP contribution is 2.42. The maximum absolute atomic E-state index is 13.6. The third-order valence-corrected chi connectivity index (χ3v) is 8.11. The van der Waals surface area contributed by atoms with Crippen molar-refractivity contribution in [2.45, 2.75) is 38.6 Å². The number of hydrogen-bond donors (Lipinski definition) is 0. The van der Waals surface area contributed by atoms with Crippen LogP contribution < -0.4 is 4.90 Å². The van der Waals surface area contributed by atoms with Crippen molar-refractivity contribution >= 4 is 35.3 Å². The molecular formula is C31H32N2O2S. The van der Waals surface area contributed by atoms with Crippen LogP contribution in [-0.4, -0.2) is 29.8 Å². The average molecular weight is 497 g/mol. The first kappa shape index (κ1) is 24.4. The van der Waals surface area contributed by atoms with Crippen molar-refractivity contribution in [3.8, 4) is 0 Å². The Morgan fingerprint density at radius 1 is 0.944 bits per heavy atom. The van der Waals surface area contributed by atoms with E-state index in [0.717, 1.165) is 34.8 Å². The van der Waals surface area contributed by atoms with E-state index in [0.29, 0.717) is 28.8 Å². The summed E-state index contributed by atoms with van der Waals surface area (Å²) in [6.07, 6.45) is 3.11. The molecule has 0 N–H and O–H groups in total. The highest BCUT2D eigenvalue weighted by atomic mass is 32.2. The van der Waals surface area contributed by atoms with E-state index < -0.39 is 0 Å². The summed E-state index contributed by atoms with van der Waals surface area (Å²) in [7, 11) is 0. The zero-order chi connectivity index (χ0) is 25.2. The summed E-state index contributed by atoms with van der Waals surface area (Å²) in [6, 6.07) is 23.9. The van der Waals surface area contributed by atoms with Gasteiger partial charge in [0.1, 0.15) is 0 Å². The Bertz CT molecular complexity index is 1300. The van der Waals surface area contributed by atoms with Crippen LogP contribution in [0.2, 0.25) is 0 Å². The summed E-state index contributed by atoms with van der Waals surface area (Å²) < 4.78 is 0. The molecule has 0 aliphatic carbocycles. The van der Waals surface area contributed by atoms with E-state index in [1.165, 1.54) is 23.7 Å². The summed E-state index contributed by atoms with van der Waals surface area (Å²) in [5.74, 6) is 1.15. The molecular weight excluding hydrogens is 464 g/mol. The largest absolute Gasteiger partial charge is 0.338 e. The van der Waals surface area contributed by atoms with E-state index in [1.54, 1.807) is 0 Å². The third-order valence-electron chi connectivity index (χ3n) is 7.03. The molecule has 2 heterocycles. The Hall–Kier alpha value is -3.31. The van der Waals surface area contributed by atoms with Gasteiger partial charge < -0.3 is 9.80 Å². The van der Waals surface area contributed by atoms with Crippen molar-refractivity contribution in [1.82, 2.24) is 4.90 Å². The molecule has 0 radical (unpaired) electrons. The number of amides is 2. The van der Waals surface area contributed by atoms with E-state index in [1.807, 2.05) is 70.5 Å². The molecule has 2 atom stereocenters. The van der Waals surface area contributed by atoms with Crippen LogP contribution in [0.4, 0.5) is 5.69 Å². The van der Waals surface area contributed by atoms with Crippen LogP contribution >= 0.6 is 11.8 Å². The molecule has 184 valence electrons. The second-order valence-corrected chi connectivity index (χ2v) is 11.3. The fraction of sp³-hybridized carbons (Fsp3) is 0.290. The van der Waals surface area contributed by atoms with Crippen molar-refractivity contribution in [2.24, 2.45) is 11.8 Å². The minimum Gasteiger partial charge on any atom is -0.338 e. The van der Waals surface area contributed by atoms with Gasteiger partial charge in [0.15, 0.2) is 0 Å². The zero-order valence-electron chi connectivity index (χ0n) is 21.1. The number of hydrogen-bond acceptors (Lipinski definition) is 3. The summed E-state index contributed by atoms with van der Waals surface area (Å²) in [5, 5.41) is 0. The molecule has 36 heavy (non-hydrogen) atoms. The van der Waals surface area contributed by atoms with E-state index in [4.69, 9.17) is 0 Å². The van der Waals surface area contributed by atoms with Gasteiger partial charge in [0, 0.05) is 23.5 Å². The van der Waals surface area contributed by atoms with Gasteiger partial charge >= 0.3 is 0 Å². The normalized spacial score (nSPS) is 21.0. The number of aryl methyl sites for hydroxylation is 1. The molecule has 5 rings (SSSR count). The van der Waals surface area contributed by atoms with Crippen molar-refractivity contribution in [3.05, 3.63) is 100.0 Å². The first-order chi connectivity index (χ1) is 17.4. The summed E-state index contributed by atoms with van der Waals surface area (Å²) in [5.41, 5.74) is 4.87. The first-order valence-corrected chi connectivity index (χ1v) is 13.4. The van der Waals surface area contributed by atoms with Gasteiger partial charge in [0.05, 0.1) is 17.1 Å². The molecule has 0 aromatic heterocycles. The molecule has 2 unspecified atom stereocenters. The van der Waals surface area contributed by atoms with Crippen molar-refractivity contribution < 1.29 is 9.59 Å². The van der Waals surface area contributed by atoms with Crippen LogP contribution in [-0.2, 0) is 11.3 Å². The Labute approximate surface area is 218 Å². The van der Waals surface area contributed by atoms with E-state index >= 15 is 0 Å². The molecule has 0 bridgehead atoms. The monoisotopic (exact) mass is 496 g/mol. The number of rotatable bonds is 4. The minimum absolute atomic E-state index is 0.00148. The third kappa shape index (κ3) is 5.12. The highest BCUT2D eigenvalue weighted by molar-refractivity contribution is 8.04. The van der Waals surface area contributed by atoms with Gasteiger partial charge in [-0.2, -0.15) is 0 Å². The van der Waals surface area contributed by atoms with Gasteiger partial charge in [-0.25, -0.2) is 0 Å². The molecule has 4 nitrogen and oxygen atoms in total. The lowest BCUT2D eigenvalue weighted by Gasteiger charge is -2.35. The van der Waals surface area contributed by atoms with Gasteiger partial charge in [-0.1, -0.05) is 74.1 Å². The number of nitrogens with zero attached hydrogens (tertiary/aromatic N) is 2. The topological polar surface area (TPSA) is 40.6 Å². The number of carbonyl (C=O) groups is 2. The van der Waals surface area contributed by atoms with Crippen LogP contribution in [0.5, 0.6) is 0 Å². The summed E-state index contributed by atoms with van der Waals surface area (Å²) in [4.78, 5) is 32.3. The number of likely N-dealkylation sites (tertiary alicyclic amines) is 1. The lowest BCUT2D eigenvalue weighted by Crippen LogP contribution is -2.42. The first-order valence-electron chi connectivity index (χ1n) is 12.6. The van der Waals surface area contributed by atoms with E-state index in [2.05, 4.69) is 39.0 Å². The van der Waals surface area contributed by atoms with Gasteiger partial charge in [0.25, 0.3) is 11.8 Å². The van der Waals surface area contributed by atoms with Crippen LogP contribution in [0, 0.1) is 18.8 Å². The maximum Gasteiger partial charge on any atom is 0.265 e. The lowest BCUT2D eigenvalue weighted by atomic mass is 9.91. The van der Waals surface area contributed by atoms with Crippen LogP contribution in [0.15, 0.2) is 82.6 Å². The number of carbonyl (C=O) groups excluding carboxylic acids is 2. The number of piperidine rings is 1. The second-order valence-electron chi connectivity index (χ2n) is 10.2. The lowest BCUT2D eigenvalue weighted by molar-refractivity contribution is -0.114. The number of para-hydroxylation sites is 1. The molecule has 3 aromatic carbocycles. The Balaban J connectivity index is 1.39. The van der Waals surface area contributed by atoms with E-state index in [9.17, 15) is 9.59 Å².